The second-order valence-corrected chi connectivity index (χ2v) is 5.71. The topological polar surface area (TPSA) is 23.5 Å². The van der Waals surface area contributed by atoms with Crippen molar-refractivity contribution >= 4 is 11.3 Å². The molecule has 1 N–H and O–H groups in total. The van der Waals surface area contributed by atoms with Crippen LogP contribution >= 0.6 is 11.3 Å². The molecule has 0 amide bonds. The van der Waals surface area contributed by atoms with E-state index in [1.54, 1.807) is 11.3 Å². The Morgan fingerprint density at radius 2 is 2.35 bits per heavy atom. The number of aliphatic hydroxyl groups excluding tert-OH is 1. The molecule has 0 atom stereocenters. The van der Waals surface area contributed by atoms with Gasteiger partial charge in [0.2, 0.25) is 0 Å². The molecule has 1 saturated carbocycles. The second kappa shape index (κ2) is 6.20. The van der Waals surface area contributed by atoms with E-state index in [2.05, 4.69) is 29.2 Å². The van der Waals surface area contributed by atoms with Crippen molar-refractivity contribution in [2.24, 2.45) is 5.92 Å². The van der Waals surface area contributed by atoms with E-state index in [0.717, 1.165) is 18.0 Å². The minimum absolute atomic E-state index is 0.0623. The van der Waals surface area contributed by atoms with Crippen LogP contribution in [0.1, 0.15) is 29.7 Å². The third kappa shape index (κ3) is 3.57. The van der Waals surface area contributed by atoms with Crippen molar-refractivity contribution in [3.63, 3.8) is 0 Å². The Morgan fingerprint density at radius 1 is 1.53 bits per heavy atom. The lowest BCUT2D eigenvalue weighted by Gasteiger charge is -2.29. The molecule has 0 spiro atoms. The van der Waals surface area contributed by atoms with Gasteiger partial charge in [0.25, 0.3) is 0 Å². The van der Waals surface area contributed by atoms with Crippen LogP contribution in [0.15, 0.2) is 11.4 Å². The third-order valence-electron chi connectivity index (χ3n) is 3.26. The Kier molecular flexibility index (Phi) is 4.61. The van der Waals surface area contributed by atoms with Gasteiger partial charge in [-0.15, -0.1) is 11.3 Å². The van der Waals surface area contributed by atoms with Gasteiger partial charge in [-0.3, -0.25) is 0 Å². The maximum absolute atomic E-state index is 8.72. The minimum Gasteiger partial charge on any atom is -0.384 e. The standard InChI is InChI=1S/C14H19NOS/c1-15(10-12-4-2-5-12)11-14-13(6-3-8-16)7-9-17-14/h7,9,12,16H,2,4-5,8,10-11H2,1H3. The lowest BCUT2D eigenvalue weighted by molar-refractivity contribution is 0.201. The van der Waals surface area contributed by atoms with Crippen molar-refractivity contribution in [2.45, 2.75) is 25.8 Å². The molecule has 1 aliphatic carbocycles. The quantitative estimate of drug-likeness (QED) is 0.828. The van der Waals surface area contributed by atoms with Crippen LogP contribution in [0.5, 0.6) is 0 Å². The van der Waals surface area contributed by atoms with E-state index in [1.165, 1.54) is 30.7 Å². The molecular formula is C14H19NOS. The van der Waals surface area contributed by atoms with Gasteiger partial charge in [0, 0.05) is 23.5 Å². The van der Waals surface area contributed by atoms with Gasteiger partial charge in [-0.2, -0.15) is 0 Å². The average Bonchev–Trinajstić information content (AvgIpc) is 2.68. The van der Waals surface area contributed by atoms with Crippen LogP contribution in [-0.4, -0.2) is 30.2 Å². The predicted octanol–water partition coefficient (Wildman–Crippen LogP) is 2.32. The molecule has 92 valence electrons. The van der Waals surface area contributed by atoms with Gasteiger partial charge >= 0.3 is 0 Å². The normalized spacial score (nSPS) is 15.5. The summed E-state index contributed by atoms with van der Waals surface area (Å²) in [6.07, 6.45) is 4.20. The first-order valence-electron chi connectivity index (χ1n) is 6.14. The summed E-state index contributed by atoms with van der Waals surface area (Å²) in [6.45, 7) is 2.11. The summed E-state index contributed by atoms with van der Waals surface area (Å²) in [5.41, 5.74) is 1.07. The highest BCUT2D eigenvalue weighted by Crippen LogP contribution is 2.27. The number of hydrogen-bond donors (Lipinski definition) is 1. The Balaban J connectivity index is 1.90. The van der Waals surface area contributed by atoms with Gasteiger partial charge in [-0.25, -0.2) is 0 Å². The van der Waals surface area contributed by atoms with Crippen LogP contribution in [-0.2, 0) is 6.54 Å². The number of rotatable bonds is 4. The fourth-order valence-corrected chi connectivity index (χ4v) is 3.04. The smallest absolute Gasteiger partial charge is 0.104 e. The zero-order chi connectivity index (χ0) is 12.1. The summed E-state index contributed by atoms with van der Waals surface area (Å²) < 4.78 is 0. The first kappa shape index (κ1) is 12.6. The molecule has 0 aromatic carbocycles. The Morgan fingerprint density at radius 3 is 3.00 bits per heavy atom. The van der Waals surface area contributed by atoms with Gasteiger partial charge in [0.15, 0.2) is 0 Å². The number of thiophene rings is 1. The molecule has 1 heterocycles. The SMILES string of the molecule is CN(Cc1sccc1C#CCO)CC1CCC1. The predicted molar refractivity (Wildman–Crippen MR) is 72.0 cm³/mol. The van der Waals surface area contributed by atoms with Gasteiger partial charge in [-0.1, -0.05) is 18.3 Å². The fraction of sp³-hybridized carbons (Fsp3) is 0.571. The van der Waals surface area contributed by atoms with Crippen LogP contribution in [0.4, 0.5) is 0 Å². The molecule has 1 aliphatic rings. The summed E-state index contributed by atoms with van der Waals surface area (Å²) in [6, 6.07) is 2.04. The van der Waals surface area contributed by atoms with Crippen molar-refractivity contribution in [2.75, 3.05) is 20.2 Å². The van der Waals surface area contributed by atoms with E-state index in [9.17, 15) is 0 Å². The monoisotopic (exact) mass is 249 g/mol. The highest BCUT2D eigenvalue weighted by atomic mass is 32.1. The maximum atomic E-state index is 8.72. The van der Waals surface area contributed by atoms with Crippen molar-refractivity contribution in [1.29, 1.82) is 0 Å². The molecule has 2 rings (SSSR count). The minimum atomic E-state index is -0.0623. The van der Waals surface area contributed by atoms with E-state index in [0.29, 0.717) is 0 Å². The lowest BCUT2D eigenvalue weighted by Crippen LogP contribution is -2.28. The average molecular weight is 249 g/mol. The molecule has 1 fully saturated rings. The summed E-state index contributed by atoms with van der Waals surface area (Å²) in [7, 11) is 2.18. The Bertz CT molecular complexity index is 411. The molecule has 1 aromatic rings. The molecule has 0 bridgehead atoms. The zero-order valence-electron chi connectivity index (χ0n) is 10.3. The third-order valence-corrected chi connectivity index (χ3v) is 4.16. The summed E-state index contributed by atoms with van der Waals surface area (Å²) in [5.74, 6) is 6.64. The molecule has 0 radical (unpaired) electrons. The molecule has 3 heteroatoms. The van der Waals surface area contributed by atoms with Crippen LogP contribution in [0, 0.1) is 17.8 Å². The molecular weight excluding hydrogens is 230 g/mol. The van der Waals surface area contributed by atoms with Crippen LogP contribution in [0.25, 0.3) is 0 Å². The Hall–Kier alpha value is -0.820. The molecule has 0 saturated heterocycles. The van der Waals surface area contributed by atoms with Gasteiger partial charge < -0.3 is 10.0 Å². The van der Waals surface area contributed by atoms with Crippen LogP contribution in [0.2, 0.25) is 0 Å². The Labute approximate surface area is 107 Å². The number of aliphatic hydroxyl groups is 1. The van der Waals surface area contributed by atoms with E-state index in [1.807, 2.05) is 6.07 Å². The molecule has 2 nitrogen and oxygen atoms in total. The summed E-state index contributed by atoms with van der Waals surface area (Å²) in [4.78, 5) is 3.70. The van der Waals surface area contributed by atoms with Gasteiger partial charge in [0.1, 0.15) is 6.61 Å². The number of nitrogens with zero attached hydrogens (tertiary/aromatic N) is 1. The first-order valence-corrected chi connectivity index (χ1v) is 7.02. The zero-order valence-corrected chi connectivity index (χ0v) is 11.1. The van der Waals surface area contributed by atoms with Gasteiger partial charge in [0.05, 0.1) is 0 Å². The highest BCUT2D eigenvalue weighted by Gasteiger charge is 2.19. The largest absolute Gasteiger partial charge is 0.384 e. The van der Waals surface area contributed by atoms with Crippen molar-refractivity contribution < 1.29 is 5.11 Å². The molecule has 17 heavy (non-hydrogen) atoms. The lowest BCUT2D eigenvalue weighted by atomic mass is 9.85. The number of hydrogen-bond acceptors (Lipinski definition) is 3. The van der Waals surface area contributed by atoms with Crippen molar-refractivity contribution in [3.8, 4) is 11.8 Å². The molecule has 0 unspecified atom stereocenters. The fourth-order valence-electron chi connectivity index (χ4n) is 2.14. The van der Waals surface area contributed by atoms with E-state index < -0.39 is 0 Å². The van der Waals surface area contributed by atoms with Crippen molar-refractivity contribution in [3.05, 3.63) is 21.9 Å². The van der Waals surface area contributed by atoms with E-state index >= 15 is 0 Å². The second-order valence-electron chi connectivity index (χ2n) is 4.71. The molecule has 1 aromatic heterocycles. The van der Waals surface area contributed by atoms with Crippen molar-refractivity contribution in [1.82, 2.24) is 4.90 Å². The van der Waals surface area contributed by atoms with Crippen LogP contribution in [0.3, 0.4) is 0 Å². The summed E-state index contributed by atoms with van der Waals surface area (Å²) in [5, 5.41) is 10.8. The van der Waals surface area contributed by atoms with Crippen LogP contribution < -0.4 is 0 Å². The maximum Gasteiger partial charge on any atom is 0.104 e. The molecule has 0 aliphatic heterocycles. The van der Waals surface area contributed by atoms with E-state index in [-0.39, 0.29) is 6.61 Å². The van der Waals surface area contributed by atoms with E-state index in [4.69, 9.17) is 5.11 Å². The summed E-state index contributed by atoms with van der Waals surface area (Å²) >= 11 is 1.76. The van der Waals surface area contributed by atoms with Gasteiger partial charge in [-0.05, 0) is 37.3 Å². The highest BCUT2D eigenvalue weighted by molar-refractivity contribution is 7.10. The first-order chi connectivity index (χ1) is 8.29.